The summed E-state index contributed by atoms with van der Waals surface area (Å²) in [7, 11) is 3.25. The maximum atomic E-state index is 12.9. The lowest BCUT2D eigenvalue weighted by atomic mass is 10.1. The molecule has 3 heterocycles. The second-order valence-electron chi connectivity index (χ2n) is 8.43. The van der Waals surface area contributed by atoms with E-state index in [1.165, 1.54) is 16.5 Å². The molecule has 0 aliphatic heterocycles. The molecule has 0 atom stereocenters. The number of aryl methyl sites for hydroxylation is 4. The molecule has 35 heavy (non-hydrogen) atoms. The van der Waals surface area contributed by atoms with Crippen molar-refractivity contribution < 1.29 is 19.1 Å². The Bertz CT molecular complexity index is 1480. The fourth-order valence-corrected chi connectivity index (χ4v) is 5.17. The first kappa shape index (κ1) is 24.4. The van der Waals surface area contributed by atoms with Crippen LogP contribution in [0.25, 0.3) is 10.2 Å². The third-order valence-electron chi connectivity index (χ3n) is 6.19. The lowest BCUT2D eigenvalue weighted by Gasteiger charge is -2.10. The number of carbonyl (C=O) groups excluding carboxylic acids is 2. The Hall–Kier alpha value is -3.72. The largest absolute Gasteiger partial charge is 0.497 e. The molecule has 0 radical (unpaired) electrons. The standard InChI is InChI=1S/C26H27N3O5S/c1-15-12-20(17(3)29(15)11-10-18-6-8-19(33-5)9-7-18)21(30)13-34-26(32)23-16(2)22-24(35-23)27-14-28(4)25(22)31/h6-9,12,14H,10-11,13H2,1-5H3. The predicted molar refractivity (Wildman–Crippen MR) is 135 cm³/mol. The Balaban J connectivity index is 1.44. The van der Waals surface area contributed by atoms with Crippen LogP contribution in [0.4, 0.5) is 0 Å². The van der Waals surface area contributed by atoms with Crippen LogP contribution < -0.4 is 10.3 Å². The van der Waals surface area contributed by atoms with Crippen molar-refractivity contribution in [1.29, 1.82) is 0 Å². The Labute approximate surface area is 206 Å². The van der Waals surface area contributed by atoms with Gasteiger partial charge in [0.2, 0.25) is 5.78 Å². The Morgan fingerprint density at radius 1 is 1.11 bits per heavy atom. The number of thiophene rings is 1. The number of rotatable bonds is 8. The zero-order valence-corrected chi connectivity index (χ0v) is 21.2. The second-order valence-corrected chi connectivity index (χ2v) is 9.43. The maximum Gasteiger partial charge on any atom is 0.349 e. The number of ether oxygens (including phenoxy) is 2. The van der Waals surface area contributed by atoms with Crippen LogP contribution in [-0.2, 0) is 24.8 Å². The molecule has 1 aromatic carbocycles. The quantitative estimate of drug-likeness (QED) is 0.272. The van der Waals surface area contributed by atoms with Crippen LogP contribution in [0.2, 0.25) is 0 Å². The van der Waals surface area contributed by atoms with Crippen molar-refractivity contribution in [3.63, 3.8) is 0 Å². The molecule has 4 rings (SSSR count). The average Bonchev–Trinajstić information content (AvgIpc) is 3.34. The van der Waals surface area contributed by atoms with Crippen LogP contribution in [-0.4, -0.2) is 39.6 Å². The molecule has 9 heteroatoms. The van der Waals surface area contributed by atoms with E-state index in [0.29, 0.717) is 21.3 Å². The van der Waals surface area contributed by atoms with Crippen LogP contribution in [0.3, 0.4) is 0 Å². The highest BCUT2D eigenvalue weighted by atomic mass is 32.1. The molecule has 0 aliphatic carbocycles. The molecule has 0 saturated carbocycles. The summed E-state index contributed by atoms with van der Waals surface area (Å²) in [5.41, 5.74) is 3.81. The zero-order chi connectivity index (χ0) is 25.3. The fourth-order valence-electron chi connectivity index (χ4n) is 4.14. The maximum absolute atomic E-state index is 12.9. The van der Waals surface area contributed by atoms with Gasteiger partial charge in [-0.1, -0.05) is 12.1 Å². The molecule has 0 unspecified atom stereocenters. The molecule has 4 aromatic rings. The molecule has 0 spiro atoms. The monoisotopic (exact) mass is 493 g/mol. The number of Topliss-reactive ketones (excluding diaryl/α,β-unsaturated/α-hetero) is 1. The lowest BCUT2D eigenvalue weighted by Crippen LogP contribution is -2.17. The number of nitrogens with zero attached hydrogens (tertiary/aromatic N) is 3. The Morgan fingerprint density at radius 2 is 1.83 bits per heavy atom. The second kappa shape index (κ2) is 9.87. The number of methoxy groups -OCH3 is 1. The van der Waals surface area contributed by atoms with Crippen molar-refractivity contribution in [2.24, 2.45) is 7.05 Å². The van der Waals surface area contributed by atoms with Gasteiger partial charge in [0.1, 0.15) is 15.5 Å². The van der Waals surface area contributed by atoms with Gasteiger partial charge in [0.25, 0.3) is 5.56 Å². The molecule has 0 aliphatic rings. The summed E-state index contributed by atoms with van der Waals surface area (Å²) in [6.45, 7) is 5.89. The molecular formula is C26H27N3O5S. The summed E-state index contributed by atoms with van der Waals surface area (Å²) >= 11 is 1.10. The van der Waals surface area contributed by atoms with Crippen molar-refractivity contribution in [3.8, 4) is 5.75 Å². The summed E-state index contributed by atoms with van der Waals surface area (Å²) in [5, 5.41) is 0.402. The zero-order valence-electron chi connectivity index (χ0n) is 20.4. The molecule has 0 N–H and O–H groups in total. The van der Waals surface area contributed by atoms with Gasteiger partial charge in [-0.3, -0.25) is 9.59 Å². The average molecular weight is 494 g/mol. The van der Waals surface area contributed by atoms with Crippen LogP contribution in [0.15, 0.2) is 41.5 Å². The SMILES string of the molecule is COc1ccc(CCn2c(C)cc(C(=O)COC(=O)c3sc4ncn(C)c(=O)c4c3C)c2C)cc1. The highest BCUT2D eigenvalue weighted by molar-refractivity contribution is 7.20. The van der Waals surface area contributed by atoms with E-state index < -0.39 is 5.97 Å². The van der Waals surface area contributed by atoms with Crippen molar-refractivity contribution in [1.82, 2.24) is 14.1 Å². The molecular weight excluding hydrogens is 466 g/mol. The summed E-state index contributed by atoms with van der Waals surface area (Å²) in [5.74, 6) is -0.0850. The lowest BCUT2D eigenvalue weighted by molar-refractivity contribution is 0.0479. The molecule has 0 saturated heterocycles. The van der Waals surface area contributed by atoms with Crippen LogP contribution in [0, 0.1) is 20.8 Å². The number of ketones is 1. The van der Waals surface area contributed by atoms with Gasteiger partial charge in [0.15, 0.2) is 6.61 Å². The summed E-state index contributed by atoms with van der Waals surface area (Å²) in [6, 6.07) is 9.75. The molecule has 0 bridgehead atoms. The Kier molecular flexibility index (Phi) is 6.88. The number of aromatic nitrogens is 3. The van der Waals surface area contributed by atoms with E-state index in [2.05, 4.69) is 9.55 Å². The van der Waals surface area contributed by atoms with Gasteiger partial charge in [0, 0.05) is 30.5 Å². The van der Waals surface area contributed by atoms with Crippen LogP contribution in [0.5, 0.6) is 5.75 Å². The minimum Gasteiger partial charge on any atom is -0.497 e. The van der Waals surface area contributed by atoms with Gasteiger partial charge < -0.3 is 18.6 Å². The van der Waals surface area contributed by atoms with E-state index in [0.717, 1.165) is 41.4 Å². The smallest absolute Gasteiger partial charge is 0.349 e. The number of hydrogen-bond donors (Lipinski definition) is 0. The minimum absolute atomic E-state index is 0.221. The molecule has 182 valence electrons. The van der Waals surface area contributed by atoms with E-state index in [-0.39, 0.29) is 22.8 Å². The number of esters is 1. The highest BCUT2D eigenvalue weighted by Crippen LogP contribution is 2.27. The van der Waals surface area contributed by atoms with Gasteiger partial charge >= 0.3 is 5.97 Å². The van der Waals surface area contributed by atoms with E-state index in [9.17, 15) is 14.4 Å². The molecule has 0 amide bonds. The first-order valence-electron chi connectivity index (χ1n) is 11.2. The van der Waals surface area contributed by atoms with Crippen molar-refractivity contribution >= 4 is 33.3 Å². The van der Waals surface area contributed by atoms with E-state index >= 15 is 0 Å². The topological polar surface area (TPSA) is 92.4 Å². The fraction of sp³-hybridized carbons (Fsp3) is 0.308. The summed E-state index contributed by atoms with van der Waals surface area (Å²) < 4.78 is 14.0. The van der Waals surface area contributed by atoms with Crippen LogP contribution >= 0.6 is 11.3 Å². The summed E-state index contributed by atoms with van der Waals surface area (Å²) in [6.07, 6.45) is 2.23. The predicted octanol–water partition coefficient (Wildman–Crippen LogP) is 4.01. The third-order valence-corrected chi connectivity index (χ3v) is 7.37. The van der Waals surface area contributed by atoms with Gasteiger partial charge in [-0.2, -0.15) is 0 Å². The van der Waals surface area contributed by atoms with E-state index in [1.807, 2.05) is 44.2 Å². The molecule has 8 nitrogen and oxygen atoms in total. The Morgan fingerprint density at radius 3 is 2.51 bits per heavy atom. The van der Waals surface area contributed by atoms with Gasteiger partial charge in [-0.05, 0) is 56.5 Å². The minimum atomic E-state index is -0.630. The van der Waals surface area contributed by atoms with Gasteiger partial charge in [0.05, 0.1) is 18.8 Å². The highest BCUT2D eigenvalue weighted by Gasteiger charge is 2.22. The first-order valence-corrected chi connectivity index (χ1v) is 12.0. The van der Waals surface area contributed by atoms with E-state index in [1.54, 1.807) is 21.1 Å². The van der Waals surface area contributed by atoms with Crippen molar-refractivity contribution in [2.45, 2.75) is 33.7 Å². The molecule has 0 fully saturated rings. The number of carbonyl (C=O) groups is 2. The van der Waals surface area contributed by atoms with Gasteiger partial charge in [-0.15, -0.1) is 11.3 Å². The van der Waals surface area contributed by atoms with Crippen molar-refractivity contribution in [2.75, 3.05) is 13.7 Å². The normalized spacial score (nSPS) is 11.1. The van der Waals surface area contributed by atoms with E-state index in [4.69, 9.17) is 9.47 Å². The third kappa shape index (κ3) is 4.77. The van der Waals surface area contributed by atoms with Crippen molar-refractivity contribution in [3.05, 3.63) is 80.0 Å². The number of fused-ring (bicyclic) bond motifs is 1. The van der Waals surface area contributed by atoms with Gasteiger partial charge in [-0.25, -0.2) is 9.78 Å². The number of hydrogen-bond acceptors (Lipinski definition) is 7. The van der Waals surface area contributed by atoms with Crippen LogP contribution in [0.1, 0.15) is 42.5 Å². The molecule has 3 aromatic heterocycles. The summed E-state index contributed by atoms with van der Waals surface area (Å²) in [4.78, 5) is 43.0. The first-order chi connectivity index (χ1) is 16.7. The number of benzene rings is 1.